The van der Waals surface area contributed by atoms with Gasteiger partial charge in [-0.2, -0.15) is 0 Å². The summed E-state index contributed by atoms with van der Waals surface area (Å²) in [6, 6.07) is 7.99. The number of piperazine rings is 1. The Kier molecular flexibility index (Phi) is 5.68. The van der Waals surface area contributed by atoms with Crippen LogP contribution in [0.2, 0.25) is 5.02 Å². The number of carbonyl (C=O) groups excluding carboxylic acids is 1. The van der Waals surface area contributed by atoms with Crippen LogP contribution in [0, 0.1) is 0 Å². The summed E-state index contributed by atoms with van der Waals surface area (Å²) in [4.78, 5) is 15.7. The van der Waals surface area contributed by atoms with Crippen LogP contribution in [-0.4, -0.2) is 55.2 Å². The molecule has 0 bridgehead atoms. The molecular formula is C15H21ClN2O2. The van der Waals surface area contributed by atoms with Crippen LogP contribution in [0.15, 0.2) is 24.3 Å². The highest BCUT2D eigenvalue weighted by molar-refractivity contribution is 6.30. The Morgan fingerprint density at radius 2 is 1.85 bits per heavy atom. The lowest BCUT2D eigenvalue weighted by Gasteiger charge is -2.34. The molecule has 0 N–H and O–H groups in total. The second-order valence-electron chi connectivity index (χ2n) is 4.90. The second kappa shape index (κ2) is 7.50. The number of nitrogens with zero attached hydrogens (tertiary/aromatic N) is 2. The fourth-order valence-electron chi connectivity index (χ4n) is 2.31. The summed E-state index contributed by atoms with van der Waals surface area (Å²) >= 11 is 5.87. The fraction of sp³-hybridized carbons (Fsp3) is 0.533. The van der Waals surface area contributed by atoms with E-state index < -0.39 is 0 Å². The maximum absolute atomic E-state index is 11.6. The molecule has 0 atom stereocenters. The predicted molar refractivity (Wildman–Crippen MR) is 80.2 cm³/mol. The molecule has 0 aromatic heterocycles. The Balaban J connectivity index is 1.72. The van der Waals surface area contributed by atoms with Gasteiger partial charge in [0.2, 0.25) is 0 Å². The maximum atomic E-state index is 11.6. The fourth-order valence-corrected chi connectivity index (χ4v) is 2.43. The molecule has 5 heteroatoms. The van der Waals surface area contributed by atoms with E-state index in [1.165, 1.54) is 5.56 Å². The van der Waals surface area contributed by atoms with Gasteiger partial charge in [0.05, 0.1) is 6.61 Å². The van der Waals surface area contributed by atoms with Gasteiger partial charge >= 0.3 is 6.09 Å². The standard InChI is InChI=1S/C15H21ClN2O2/c1-2-20-15(19)18-11-9-17(10-12-18)8-7-13-3-5-14(16)6-4-13/h3-6H,2,7-12H2,1H3. The topological polar surface area (TPSA) is 32.8 Å². The van der Waals surface area contributed by atoms with Gasteiger partial charge in [0.15, 0.2) is 0 Å². The Bertz CT molecular complexity index is 428. The Hall–Kier alpha value is -1.26. The molecule has 1 heterocycles. The molecule has 0 radical (unpaired) electrons. The van der Waals surface area contributed by atoms with E-state index in [9.17, 15) is 4.79 Å². The molecule has 0 aliphatic carbocycles. The first-order chi connectivity index (χ1) is 9.69. The third kappa shape index (κ3) is 4.39. The monoisotopic (exact) mass is 296 g/mol. The van der Waals surface area contributed by atoms with Crippen molar-refractivity contribution in [2.45, 2.75) is 13.3 Å². The molecule has 0 saturated carbocycles. The van der Waals surface area contributed by atoms with Crippen molar-refractivity contribution >= 4 is 17.7 Å². The van der Waals surface area contributed by atoms with Crippen LogP contribution in [0.5, 0.6) is 0 Å². The number of amides is 1. The van der Waals surface area contributed by atoms with E-state index >= 15 is 0 Å². The van der Waals surface area contributed by atoms with Gasteiger partial charge in [-0.05, 0) is 31.0 Å². The van der Waals surface area contributed by atoms with Crippen LogP contribution >= 0.6 is 11.6 Å². The van der Waals surface area contributed by atoms with Crippen LogP contribution in [0.25, 0.3) is 0 Å². The highest BCUT2D eigenvalue weighted by atomic mass is 35.5. The Labute approximate surface area is 125 Å². The molecule has 2 rings (SSSR count). The van der Waals surface area contributed by atoms with E-state index in [2.05, 4.69) is 17.0 Å². The first-order valence-electron chi connectivity index (χ1n) is 7.07. The van der Waals surface area contributed by atoms with Gasteiger partial charge in [-0.15, -0.1) is 0 Å². The normalized spacial score (nSPS) is 16.2. The third-order valence-corrected chi connectivity index (χ3v) is 3.78. The molecular weight excluding hydrogens is 276 g/mol. The molecule has 1 aromatic carbocycles. The lowest BCUT2D eigenvalue weighted by atomic mass is 10.1. The van der Waals surface area contributed by atoms with Crippen LogP contribution < -0.4 is 0 Å². The number of hydrogen-bond acceptors (Lipinski definition) is 3. The molecule has 1 fully saturated rings. The summed E-state index contributed by atoms with van der Waals surface area (Å²) in [6.07, 6.45) is 0.821. The molecule has 0 spiro atoms. The number of benzene rings is 1. The predicted octanol–water partition coefficient (Wildman–Crippen LogP) is 2.66. The third-order valence-electron chi connectivity index (χ3n) is 3.53. The van der Waals surface area contributed by atoms with Crippen molar-refractivity contribution in [3.05, 3.63) is 34.9 Å². The van der Waals surface area contributed by atoms with Gasteiger partial charge < -0.3 is 9.64 Å². The maximum Gasteiger partial charge on any atom is 0.409 e. The molecule has 1 aromatic rings. The average Bonchev–Trinajstić information content (AvgIpc) is 2.47. The summed E-state index contributed by atoms with van der Waals surface area (Å²) in [5.41, 5.74) is 1.29. The minimum atomic E-state index is -0.190. The summed E-state index contributed by atoms with van der Waals surface area (Å²) < 4.78 is 5.01. The van der Waals surface area contributed by atoms with Crippen molar-refractivity contribution in [1.29, 1.82) is 0 Å². The summed E-state index contributed by atoms with van der Waals surface area (Å²) in [5.74, 6) is 0. The van der Waals surface area contributed by atoms with Crippen molar-refractivity contribution in [2.75, 3.05) is 39.3 Å². The average molecular weight is 297 g/mol. The van der Waals surface area contributed by atoms with Gasteiger partial charge in [-0.25, -0.2) is 4.79 Å². The molecule has 1 aliphatic heterocycles. The first-order valence-corrected chi connectivity index (χ1v) is 7.45. The van der Waals surface area contributed by atoms with Gasteiger partial charge in [-0.3, -0.25) is 4.90 Å². The van der Waals surface area contributed by atoms with Crippen LogP contribution in [0.4, 0.5) is 4.79 Å². The SMILES string of the molecule is CCOC(=O)N1CCN(CCc2ccc(Cl)cc2)CC1. The largest absolute Gasteiger partial charge is 0.450 e. The van der Waals surface area contributed by atoms with E-state index in [0.717, 1.165) is 44.2 Å². The molecule has 20 heavy (non-hydrogen) atoms. The van der Waals surface area contributed by atoms with E-state index in [4.69, 9.17) is 16.3 Å². The quantitative estimate of drug-likeness (QED) is 0.856. The summed E-state index contributed by atoms with van der Waals surface area (Å²) in [5, 5.41) is 0.775. The zero-order valence-electron chi connectivity index (χ0n) is 11.8. The van der Waals surface area contributed by atoms with Crippen molar-refractivity contribution in [1.82, 2.24) is 9.80 Å². The summed E-state index contributed by atoms with van der Waals surface area (Å²) in [7, 11) is 0. The van der Waals surface area contributed by atoms with Crippen molar-refractivity contribution in [3.8, 4) is 0 Å². The lowest BCUT2D eigenvalue weighted by Crippen LogP contribution is -2.49. The number of ether oxygens (including phenoxy) is 1. The molecule has 0 unspecified atom stereocenters. The molecule has 1 aliphatic rings. The molecule has 1 saturated heterocycles. The van der Waals surface area contributed by atoms with Gasteiger partial charge in [0.25, 0.3) is 0 Å². The Morgan fingerprint density at radius 1 is 1.20 bits per heavy atom. The smallest absolute Gasteiger partial charge is 0.409 e. The second-order valence-corrected chi connectivity index (χ2v) is 5.34. The summed E-state index contributed by atoms with van der Waals surface area (Å²) in [6.45, 7) is 6.60. The van der Waals surface area contributed by atoms with Crippen molar-refractivity contribution in [2.24, 2.45) is 0 Å². The minimum absolute atomic E-state index is 0.190. The number of carbonyl (C=O) groups is 1. The van der Waals surface area contributed by atoms with E-state index in [1.807, 2.05) is 19.1 Å². The number of halogens is 1. The lowest BCUT2D eigenvalue weighted by molar-refractivity contribution is 0.0799. The van der Waals surface area contributed by atoms with Crippen molar-refractivity contribution < 1.29 is 9.53 Å². The zero-order valence-corrected chi connectivity index (χ0v) is 12.6. The zero-order chi connectivity index (χ0) is 14.4. The van der Waals surface area contributed by atoms with E-state index in [1.54, 1.807) is 4.90 Å². The highest BCUT2D eigenvalue weighted by Crippen LogP contribution is 2.11. The van der Waals surface area contributed by atoms with Gasteiger partial charge in [0.1, 0.15) is 0 Å². The van der Waals surface area contributed by atoms with Crippen LogP contribution in [0.1, 0.15) is 12.5 Å². The van der Waals surface area contributed by atoms with Crippen LogP contribution in [-0.2, 0) is 11.2 Å². The highest BCUT2D eigenvalue weighted by Gasteiger charge is 2.21. The molecule has 110 valence electrons. The Morgan fingerprint density at radius 3 is 2.45 bits per heavy atom. The van der Waals surface area contributed by atoms with E-state index in [-0.39, 0.29) is 6.09 Å². The van der Waals surface area contributed by atoms with Crippen LogP contribution in [0.3, 0.4) is 0 Å². The van der Waals surface area contributed by atoms with Crippen molar-refractivity contribution in [3.63, 3.8) is 0 Å². The van der Waals surface area contributed by atoms with E-state index in [0.29, 0.717) is 6.61 Å². The minimum Gasteiger partial charge on any atom is -0.450 e. The number of rotatable bonds is 4. The molecule has 1 amide bonds. The number of hydrogen-bond donors (Lipinski definition) is 0. The first kappa shape index (κ1) is 15.1. The van der Waals surface area contributed by atoms with Gasteiger partial charge in [0, 0.05) is 37.7 Å². The van der Waals surface area contributed by atoms with Gasteiger partial charge in [-0.1, -0.05) is 23.7 Å². The molecule has 4 nitrogen and oxygen atoms in total.